The zero-order valence-corrected chi connectivity index (χ0v) is 15.1. The Morgan fingerprint density at radius 2 is 1.74 bits per heavy atom. The molecule has 7 heteroatoms. The summed E-state index contributed by atoms with van der Waals surface area (Å²) in [4.78, 5) is 50.2. The number of rotatable bonds is 5. The Kier molecular flexibility index (Phi) is 4.45. The number of aryl methyl sites for hydroxylation is 1. The number of nitrogens with one attached hydrogen (secondary N) is 1. The fourth-order valence-electron chi connectivity index (χ4n) is 4.85. The first-order valence-corrected chi connectivity index (χ1v) is 9.32. The third-order valence-corrected chi connectivity index (χ3v) is 6.09. The van der Waals surface area contributed by atoms with Crippen molar-refractivity contribution in [1.29, 1.82) is 0 Å². The zero-order valence-electron chi connectivity index (χ0n) is 15.1. The van der Waals surface area contributed by atoms with Gasteiger partial charge >= 0.3 is 5.97 Å². The molecule has 7 nitrogen and oxygen atoms in total. The molecule has 0 unspecified atom stereocenters. The van der Waals surface area contributed by atoms with Crippen LogP contribution < -0.4 is 5.32 Å². The lowest BCUT2D eigenvalue weighted by Gasteiger charge is -2.19. The number of hydrogen-bond acceptors (Lipinski definition) is 5. The molecule has 1 saturated heterocycles. The van der Waals surface area contributed by atoms with Gasteiger partial charge in [-0.25, -0.2) is 0 Å². The maximum Gasteiger partial charge on any atom is 0.326 e. The lowest BCUT2D eigenvalue weighted by molar-refractivity contribution is -0.154. The largest absolute Gasteiger partial charge is 0.454 e. The standard InChI is InChI=1S/C20H22N2O5/c1-11-4-2-3-5-14(11)21-15(23)10-27-16(24)9-22-19(25)17-12-6-7-13(8-12)18(17)20(22)26/h2-5,12-13,17-18H,6-10H2,1H3,(H,21,23)/t12-,13-,17+,18+/m0/s1. The predicted molar refractivity (Wildman–Crippen MR) is 95.3 cm³/mol. The highest BCUT2D eigenvalue weighted by molar-refractivity contribution is 6.08. The summed E-state index contributed by atoms with van der Waals surface area (Å²) in [6.45, 7) is 0.986. The molecule has 2 aliphatic carbocycles. The Bertz CT molecular complexity index is 792. The zero-order chi connectivity index (χ0) is 19.1. The number of fused-ring (bicyclic) bond motifs is 5. The number of imide groups is 1. The van der Waals surface area contributed by atoms with Gasteiger partial charge in [-0.1, -0.05) is 18.2 Å². The van der Waals surface area contributed by atoms with Gasteiger partial charge in [-0.05, 0) is 49.7 Å². The second kappa shape index (κ2) is 6.79. The van der Waals surface area contributed by atoms with E-state index in [1.165, 1.54) is 0 Å². The first-order valence-electron chi connectivity index (χ1n) is 9.32. The molecular formula is C20H22N2O5. The van der Waals surface area contributed by atoms with Crippen molar-refractivity contribution < 1.29 is 23.9 Å². The van der Waals surface area contributed by atoms with Crippen LogP contribution in [-0.2, 0) is 23.9 Å². The first kappa shape index (κ1) is 17.7. The average Bonchev–Trinajstić information content (AvgIpc) is 3.32. The fraction of sp³-hybridized carbons (Fsp3) is 0.500. The molecule has 3 fully saturated rings. The minimum atomic E-state index is -0.746. The van der Waals surface area contributed by atoms with E-state index in [0.717, 1.165) is 29.7 Å². The lowest BCUT2D eigenvalue weighted by Crippen LogP contribution is -2.38. The quantitative estimate of drug-likeness (QED) is 0.626. The van der Waals surface area contributed by atoms with Gasteiger partial charge in [0.15, 0.2) is 6.61 Å². The van der Waals surface area contributed by atoms with Crippen LogP contribution in [0.2, 0.25) is 0 Å². The molecule has 1 N–H and O–H groups in total. The highest BCUT2D eigenvalue weighted by Gasteiger charge is 2.61. The van der Waals surface area contributed by atoms with E-state index in [4.69, 9.17) is 4.74 Å². The highest BCUT2D eigenvalue weighted by Crippen LogP contribution is 2.56. The molecule has 1 heterocycles. The molecule has 3 aliphatic rings. The summed E-state index contributed by atoms with van der Waals surface area (Å²) in [5.74, 6) is -1.68. The maximum atomic E-state index is 12.6. The SMILES string of the molecule is Cc1ccccc1NC(=O)COC(=O)CN1C(=O)[C@@H]2[C@H]3CC[C@@H](C3)[C@H]2C1=O. The summed E-state index contributed by atoms with van der Waals surface area (Å²) >= 11 is 0. The number of hydrogen-bond donors (Lipinski definition) is 1. The van der Waals surface area contributed by atoms with Crippen LogP contribution in [0.3, 0.4) is 0 Å². The lowest BCUT2D eigenvalue weighted by atomic mass is 9.81. The van der Waals surface area contributed by atoms with E-state index < -0.39 is 25.0 Å². The van der Waals surface area contributed by atoms with Gasteiger partial charge in [-0.3, -0.25) is 24.1 Å². The molecule has 4 atom stereocenters. The monoisotopic (exact) mass is 370 g/mol. The van der Waals surface area contributed by atoms with Crippen molar-refractivity contribution >= 4 is 29.4 Å². The molecule has 1 aromatic carbocycles. The number of esters is 1. The Labute approximate surface area is 157 Å². The van der Waals surface area contributed by atoms with Crippen LogP contribution in [0, 0.1) is 30.6 Å². The third kappa shape index (κ3) is 3.11. The maximum absolute atomic E-state index is 12.6. The molecule has 4 rings (SSSR count). The number of likely N-dealkylation sites (tertiary alicyclic amines) is 1. The summed E-state index contributed by atoms with van der Waals surface area (Å²) in [5.41, 5.74) is 1.54. The van der Waals surface area contributed by atoms with Crippen LogP contribution in [-0.4, -0.2) is 41.7 Å². The van der Waals surface area contributed by atoms with Gasteiger partial charge in [0.2, 0.25) is 11.8 Å². The second-order valence-corrected chi connectivity index (χ2v) is 7.67. The average molecular weight is 370 g/mol. The Morgan fingerprint density at radius 1 is 1.11 bits per heavy atom. The van der Waals surface area contributed by atoms with Crippen molar-refractivity contribution in [2.75, 3.05) is 18.5 Å². The molecule has 1 aliphatic heterocycles. The van der Waals surface area contributed by atoms with Gasteiger partial charge < -0.3 is 10.1 Å². The molecule has 1 aromatic rings. The summed E-state index contributed by atoms with van der Waals surface area (Å²) in [7, 11) is 0. The van der Waals surface area contributed by atoms with Crippen LogP contribution in [0.25, 0.3) is 0 Å². The predicted octanol–water partition coefficient (Wildman–Crippen LogP) is 1.51. The molecule has 2 saturated carbocycles. The molecule has 2 bridgehead atoms. The summed E-state index contributed by atoms with van der Waals surface area (Å²) in [6, 6.07) is 7.26. The number of anilines is 1. The van der Waals surface area contributed by atoms with Crippen molar-refractivity contribution in [2.45, 2.75) is 26.2 Å². The molecule has 3 amide bonds. The Morgan fingerprint density at radius 3 is 2.37 bits per heavy atom. The summed E-state index contributed by atoms with van der Waals surface area (Å²) in [5, 5.41) is 2.67. The normalized spacial score (nSPS) is 28.4. The van der Waals surface area contributed by atoms with Crippen LogP contribution >= 0.6 is 0 Å². The minimum absolute atomic E-state index is 0.251. The topological polar surface area (TPSA) is 92.8 Å². The van der Waals surface area contributed by atoms with E-state index in [2.05, 4.69) is 5.32 Å². The summed E-state index contributed by atoms with van der Waals surface area (Å²) in [6.07, 6.45) is 2.93. The number of carbonyl (C=O) groups excluding carboxylic acids is 4. The molecule has 0 aromatic heterocycles. The van der Waals surface area contributed by atoms with Crippen LogP contribution in [0.4, 0.5) is 5.69 Å². The number of carbonyl (C=O) groups is 4. The van der Waals surface area contributed by atoms with Crippen LogP contribution in [0.15, 0.2) is 24.3 Å². The van der Waals surface area contributed by atoms with E-state index in [9.17, 15) is 19.2 Å². The number of nitrogens with zero attached hydrogens (tertiary/aromatic N) is 1. The van der Waals surface area contributed by atoms with Gasteiger partial charge in [0.25, 0.3) is 5.91 Å². The Hall–Kier alpha value is -2.70. The van der Waals surface area contributed by atoms with Crippen molar-refractivity contribution in [3.05, 3.63) is 29.8 Å². The highest BCUT2D eigenvalue weighted by atomic mass is 16.5. The van der Waals surface area contributed by atoms with Crippen molar-refractivity contribution in [2.24, 2.45) is 23.7 Å². The van der Waals surface area contributed by atoms with E-state index in [1.807, 2.05) is 19.1 Å². The van der Waals surface area contributed by atoms with Crippen LogP contribution in [0.5, 0.6) is 0 Å². The molecule has 27 heavy (non-hydrogen) atoms. The van der Waals surface area contributed by atoms with Gasteiger partial charge in [0.1, 0.15) is 6.54 Å². The number of para-hydroxylation sites is 1. The van der Waals surface area contributed by atoms with Gasteiger partial charge in [0.05, 0.1) is 11.8 Å². The molecule has 0 radical (unpaired) electrons. The van der Waals surface area contributed by atoms with Gasteiger partial charge in [-0.15, -0.1) is 0 Å². The van der Waals surface area contributed by atoms with Crippen molar-refractivity contribution in [3.8, 4) is 0 Å². The minimum Gasteiger partial charge on any atom is -0.454 e. The van der Waals surface area contributed by atoms with Crippen molar-refractivity contribution in [1.82, 2.24) is 4.90 Å². The van der Waals surface area contributed by atoms with Gasteiger partial charge in [-0.2, -0.15) is 0 Å². The van der Waals surface area contributed by atoms with Crippen LogP contribution in [0.1, 0.15) is 24.8 Å². The molecule has 142 valence electrons. The molecular weight excluding hydrogens is 348 g/mol. The second-order valence-electron chi connectivity index (χ2n) is 7.67. The van der Waals surface area contributed by atoms with E-state index >= 15 is 0 Å². The molecule has 0 spiro atoms. The Balaban J connectivity index is 1.30. The van der Waals surface area contributed by atoms with Crippen molar-refractivity contribution in [3.63, 3.8) is 0 Å². The number of amides is 3. The summed E-state index contributed by atoms with van der Waals surface area (Å²) < 4.78 is 4.97. The van der Waals surface area contributed by atoms with E-state index in [0.29, 0.717) is 5.69 Å². The number of benzene rings is 1. The number of ether oxygens (including phenoxy) is 1. The smallest absolute Gasteiger partial charge is 0.326 e. The van der Waals surface area contributed by atoms with Gasteiger partial charge in [0, 0.05) is 5.69 Å². The fourth-order valence-corrected chi connectivity index (χ4v) is 4.85. The van der Waals surface area contributed by atoms with E-state index in [1.54, 1.807) is 12.1 Å². The third-order valence-electron chi connectivity index (χ3n) is 6.09. The van der Waals surface area contributed by atoms with E-state index in [-0.39, 0.29) is 35.5 Å². The first-order chi connectivity index (χ1) is 13.0.